The summed E-state index contributed by atoms with van der Waals surface area (Å²) < 4.78 is 27.1. The minimum absolute atomic E-state index is 0.107. The molecule has 4 nitrogen and oxygen atoms in total. The van der Waals surface area contributed by atoms with Crippen LogP contribution in [0.3, 0.4) is 0 Å². The van der Waals surface area contributed by atoms with Crippen molar-refractivity contribution < 1.29 is 8.42 Å². The van der Waals surface area contributed by atoms with Crippen LogP contribution in [0.1, 0.15) is 5.56 Å². The fourth-order valence-corrected chi connectivity index (χ4v) is 3.28. The monoisotopic (exact) mass is 244 g/mol. The van der Waals surface area contributed by atoms with Gasteiger partial charge in [-0.05, 0) is 12.1 Å². The fraction of sp³-hybridized carbons (Fsp3) is 0.222. The summed E-state index contributed by atoms with van der Waals surface area (Å²) in [5.41, 5.74) is 0.563. The lowest BCUT2D eigenvalue weighted by molar-refractivity contribution is 0.597. The normalized spacial score (nSPS) is 17.1. The Morgan fingerprint density at radius 1 is 1.33 bits per heavy atom. The first-order chi connectivity index (χ1) is 6.93. The highest BCUT2D eigenvalue weighted by Crippen LogP contribution is 2.32. The van der Waals surface area contributed by atoms with E-state index in [4.69, 9.17) is 11.6 Å². The molecule has 0 saturated heterocycles. The molecule has 0 aromatic heterocycles. The maximum Gasteiger partial charge on any atom is 0.286 e. The van der Waals surface area contributed by atoms with E-state index in [1.807, 2.05) is 0 Å². The van der Waals surface area contributed by atoms with Crippen LogP contribution >= 0.6 is 11.6 Å². The Bertz CT molecular complexity index is 549. The van der Waals surface area contributed by atoms with Crippen molar-refractivity contribution in [2.24, 2.45) is 4.40 Å². The van der Waals surface area contributed by atoms with Crippen LogP contribution in [0.4, 0.5) is 0 Å². The predicted octanol–water partition coefficient (Wildman–Crippen LogP) is 1.35. The van der Waals surface area contributed by atoms with Crippen LogP contribution in [0.25, 0.3) is 0 Å². The molecule has 0 unspecified atom stereocenters. The molecule has 0 amide bonds. The van der Waals surface area contributed by atoms with E-state index in [1.165, 1.54) is 0 Å². The summed E-state index contributed by atoms with van der Waals surface area (Å²) in [4.78, 5) is 1.76. The summed E-state index contributed by atoms with van der Waals surface area (Å²) in [5.74, 6) is 0.424. The molecule has 0 saturated carbocycles. The SMILES string of the molecule is CN(C)C1=NS(=O)(=O)c2c(Cl)cccc21. The number of sulfonamides is 1. The number of hydrogen-bond donors (Lipinski definition) is 0. The number of fused-ring (bicyclic) bond motifs is 1. The van der Waals surface area contributed by atoms with Crippen LogP contribution in [0.5, 0.6) is 0 Å². The van der Waals surface area contributed by atoms with Crippen molar-refractivity contribution in [1.82, 2.24) is 4.90 Å². The summed E-state index contributed by atoms with van der Waals surface area (Å²) >= 11 is 5.85. The third-order valence-electron chi connectivity index (χ3n) is 2.10. The first-order valence-corrected chi connectivity index (χ1v) is 6.06. The van der Waals surface area contributed by atoms with Crippen LogP contribution < -0.4 is 0 Å². The molecule has 1 aliphatic rings. The van der Waals surface area contributed by atoms with Crippen molar-refractivity contribution in [3.05, 3.63) is 28.8 Å². The van der Waals surface area contributed by atoms with Gasteiger partial charge in [0.05, 0.1) is 5.02 Å². The van der Waals surface area contributed by atoms with E-state index in [1.54, 1.807) is 37.2 Å². The number of halogens is 1. The minimum Gasteiger partial charge on any atom is -0.362 e. The molecule has 0 radical (unpaired) electrons. The predicted molar refractivity (Wildman–Crippen MR) is 58.9 cm³/mol. The molecule has 6 heteroatoms. The highest BCUT2D eigenvalue weighted by molar-refractivity contribution is 7.91. The third-order valence-corrected chi connectivity index (χ3v) is 3.89. The molecule has 1 aromatic rings. The van der Waals surface area contributed by atoms with Crippen molar-refractivity contribution in [3.8, 4) is 0 Å². The molecule has 0 atom stereocenters. The van der Waals surface area contributed by atoms with Gasteiger partial charge in [-0.15, -0.1) is 4.40 Å². The van der Waals surface area contributed by atoms with Gasteiger partial charge in [0.2, 0.25) is 0 Å². The van der Waals surface area contributed by atoms with E-state index < -0.39 is 10.0 Å². The molecule has 1 aromatic carbocycles. The van der Waals surface area contributed by atoms with Crippen molar-refractivity contribution in [3.63, 3.8) is 0 Å². The van der Waals surface area contributed by atoms with Gasteiger partial charge in [-0.2, -0.15) is 8.42 Å². The van der Waals surface area contributed by atoms with E-state index in [-0.39, 0.29) is 9.92 Å². The molecule has 0 aliphatic carbocycles. The molecule has 15 heavy (non-hydrogen) atoms. The van der Waals surface area contributed by atoms with Gasteiger partial charge in [-0.3, -0.25) is 0 Å². The Hall–Kier alpha value is -1.07. The lowest BCUT2D eigenvalue weighted by atomic mass is 10.2. The second-order valence-corrected chi connectivity index (χ2v) is 5.35. The molecule has 0 spiro atoms. The molecule has 0 fully saturated rings. The van der Waals surface area contributed by atoms with Crippen LogP contribution in [0.2, 0.25) is 5.02 Å². The van der Waals surface area contributed by atoms with E-state index >= 15 is 0 Å². The average Bonchev–Trinajstić information content (AvgIpc) is 2.39. The molecule has 1 heterocycles. The number of amidine groups is 1. The molecule has 0 N–H and O–H groups in total. The summed E-state index contributed by atoms with van der Waals surface area (Å²) in [6.45, 7) is 0. The van der Waals surface area contributed by atoms with Gasteiger partial charge in [0.15, 0.2) is 0 Å². The van der Waals surface area contributed by atoms with Gasteiger partial charge in [0.25, 0.3) is 10.0 Å². The zero-order valence-corrected chi connectivity index (χ0v) is 9.80. The molecule has 1 aliphatic heterocycles. The molecule has 80 valence electrons. The Kier molecular flexibility index (Phi) is 2.24. The topological polar surface area (TPSA) is 49.7 Å². The number of nitrogens with zero attached hydrogens (tertiary/aromatic N) is 2. The van der Waals surface area contributed by atoms with Crippen molar-refractivity contribution in [2.45, 2.75) is 4.90 Å². The highest BCUT2D eigenvalue weighted by Gasteiger charge is 2.31. The Labute approximate surface area is 93.2 Å². The van der Waals surface area contributed by atoms with Crippen molar-refractivity contribution >= 4 is 27.5 Å². The maximum absolute atomic E-state index is 11.7. The summed E-state index contributed by atoms with van der Waals surface area (Å²) in [6.07, 6.45) is 0. The van der Waals surface area contributed by atoms with Gasteiger partial charge >= 0.3 is 0 Å². The van der Waals surface area contributed by atoms with E-state index in [2.05, 4.69) is 4.40 Å². The lowest BCUT2D eigenvalue weighted by Gasteiger charge is -2.11. The van der Waals surface area contributed by atoms with Gasteiger partial charge < -0.3 is 4.90 Å². The average molecular weight is 245 g/mol. The van der Waals surface area contributed by atoms with E-state index in [0.29, 0.717) is 11.4 Å². The van der Waals surface area contributed by atoms with Crippen LogP contribution in [-0.4, -0.2) is 33.2 Å². The largest absolute Gasteiger partial charge is 0.362 e. The third kappa shape index (κ3) is 1.52. The smallest absolute Gasteiger partial charge is 0.286 e. The summed E-state index contributed by atoms with van der Waals surface area (Å²) in [6, 6.07) is 4.96. The van der Waals surface area contributed by atoms with E-state index in [9.17, 15) is 8.42 Å². The lowest BCUT2D eigenvalue weighted by Crippen LogP contribution is -2.21. The molecular weight excluding hydrogens is 236 g/mol. The fourth-order valence-electron chi connectivity index (χ4n) is 1.48. The van der Waals surface area contributed by atoms with Gasteiger partial charge in [0.1, 0.15) is 10.7 Å². The second-order valence-electron chi connectivity index (χ2n) is 3.40. The zero-order chi connectivity index (χ0) is 11.2. The van der Waals surface area contributed by atoms with Gasteiger partial charge in [0, 0.05) is 19.7 Å². The quantitative estimate of drug-likeness (QED) is 0.692. The zero-order valence-electron chi connectivity index (χ0n) is 8.23. The van der Waals surface area contributed by atoms with Gasteiger partial charge in [-0.1, -0.05) is 17.7 Å². The first-order valence-electron chi connectivity index (χ1n) is 4.24. The van der Waals surface area contributed by atoms with Crippen LogP contribution in [0, 0.1) is 0 Å². The summed E-state index contributed by atoms with van der Waals surface area (Å²) in [7, 11) is -0.135. The van der Waals surface area contributed by atoms with E-state index in [0.717, 1.165) is 0 Å². The maximum atomic E-state index is 11.7. The first kappa shape index (κ1) is 10.4. The minimum atomic E-state index is -3.62. The number of benzene rings is 1. The Morgan fingerprint density at radius 2 is 2.00 bits per heavy atom. The van der Waals surface area contributed by atoms with Crippen LogP contribution in [0.15, 0.2) is 27.5 Å². The molecule has 0 bridgehead atoms. The molecular formula is C9H9ClN2O2S. The highest BCUT2D eigenvalue weighted by atomic mass is 35.5. The van der Waals surface area contributed by atoms with Gasteiger partial charge in [-0.25, -0.2) is 0 Å². The van der Waals surface area contributed by atoms with Crippen molar-refractivity contribution in [1.29, 1.82) is 0 Å². The van der Waals surface area contributed by atoms with Crippen LogP contribution in [-0.2, 0) is 10.0 Å². The number of rotatable bonds is 0. The standard InChI is InChI=1S/C9H9ClN2O2S/c1-12(2)9-6-4-3-5-7(10)8(6)15(13,14)11-9/h3-5H,1-2H3. The Morgan fingerprint density at radius 3 is 2.60 bits per heavy atom. The van der Waals surface area contributed by atoms with Crippen molar-refractivity contribution in [2.75, 3.05) is 14.1 Å². The summed E-state index contributed by atoms with van der Waals surface area (Å²) in [5, 5.41) is 0.216. The molecule has 2 rings (SSSR count). The Balaban J connectivity index is 2.79. The number of hydrogen-bond acceptors (Lipinski definition) is 3. The second kappa shape index (κ2) is 3.21.